The number of carbonyl (C=O) groups excluding carboxylic acids is 1. The van der Waals surface area contributed by atoms with Crippen LogP contribution in [0.4, 0.5) is 0 Å². The van der Waals surface area contributed by atoms with Gasteiger partial charge in [-0.2, -0.15) is 0 Å². The van der Waals surface area contributed by atoms with Crippen molar-refractivity contribution >= 4 is 15.7 Å². The highest BCUT2D eigenvalue weighted by molar-refractivity contribution is 7.91. The van der Waals surface area contributed by atoms with Crippen LogP contribution in [-0.2, 0) is 25.9 Å². The molecule has 7 nitrogen and oxygen atoms in total. The molecule has 23 heavy (non-hydrogen) atoms. The Morgan fingerprint density at radius 3 is 2.87 bits per heavy atom. The largest absolute Gasteiger partial charge is 0.472 e. The van der Waals surface area contributed by atoms with Crippen molar-refractivity contribution in [2.75, 3.05) is 44.8 Å². The predicted molar refractivity (Wildman–Crippen MR) is 83.5 cm³/mol. The van der Waals surface area contributed by atoms with E-state index < -0.39 is 15.6 Å². The fourth-order valence-corrected chi connectivity index (χ4v) is 3.90. The van der Waals surface area contributed by atoms with Crippen molar-refractivity contribution in [2.45, 2.75) is 12.6 Å². The summed E-state index contributed by atoms with van der Waals surface area (Å²) in [6.07, 6.45) is 4.48. The third-order valence-electron chi connectivity index (χ3n) is 4.34. The zero-order valence-electron chi connectivity index (χ0n) is 13.2. The summed E-state index contributed by atoms with van der Waals surface area (Å²) >= 11 is 0. The van der Waals surface area contributed by atoms with Crippen LogP contribution in [0.25, 0.3) is 0 Å². The highest BCUT2D eigenvalue weighted by Gasteiger charge is 2.38. The number of furan rings is 1. The fourth-order valence-electron chi connectivity index (χ4n) is 3.27. The smallest absolute Gasteiger partial charge is 0.237 e. The summed E-state index contributed by atoms with van der Waals surface area (Å²) < 4.78 is 33.6. The molecular formula is C15H22N2O5S. The normalized spacial score (nSPS) is 26.0. The number of amides is 1. The van der Waals surface area contributed by atoms with Crippen LogP contribution in [0.3, 0.4) is 0 Å². The van der Waals surface area contributed by atoms with Crippen molar-refractivity contribution in [3.05, 3.63) is 24.2 Å². The molecule has 3 heterocycles. The van der Waals surface area contributed by atoms with Gasteiger partial charge in [0.15, 0.2) is 9.84 Å². The van der Waals surface area contributed by atoms with E-state index in [0.29, 0.717) is 19.7 Å². The van der Waals surface area contributed by atoms with Gasteiger partial charge in [0.1, 0.15) is 5.75 Å². The number of hydrogen-bond donors (Lipinski definition) is 0. The summed E-state index contributed by atoms with van der Waals surface area (Å²) in [4.78, 5) is 16.0. The van der Waals surface area contributed by atoms with Gasteiger partial charge in [-0.25, -0.2) is 8.42 Å². The van der Waals surface area contributed by atoms with Crippen molar-refractivity contribution < 1.29 is 22.4 Å². The maximum absolute atomic E-state index is 12.1. The molecule has 0 N–H and O–H groups in total. The maximum Gasteiger partial charge on any atom is 0.237 e. The average Bonchev–Trinajstić information content (AvgIpc) is 3.04. The van der Waals surface area contributed by atoms with Crippen molar-refractivity contribution in [1.29, 1.82) is 0 Å². The molecule has 0 bridgehead atoms. The van der Waals surface area contributed by atoms with Gasteiger partial charge >= 0.3 is 0 Å². The minimum Gasteiger partial charge on any atom is -0.472 e. The van der Waals surface area contributed by atoms with Crippen LogP contribution in [0.5, 0.6) is 0 Å². The van der Waals surface area contributed by atoms with Gasteiger partial charge in [0.05, 0.1) is 25.2 Å². The molecule has 0 radical (unpaired) electrons. The molecule has 2 aliphatic heterocycles. The molecule has 0 unspecified atom stereocenters. The number of fused-ring (bicyclic) bond motifs is 1. The van der Waals surface area contributed by atoms with Crippen LogP contribution in [-0.4, -0.2) is 75.0 Å². The lowest BCUT2D eigenvalue weighted by atomic mass is 10.1. The van der Waals surface area contributed by atoms with Gasteiger partial charge in [-0.3, -0.25) is 9.69 Å². The van der Waals surface area contributed by atoms with Gasteiger partial charge < -0.3 is 14.1 Å². The Kier molecular flexibility index (Phi) is 4.74. The van der Waals surface area contributed by atoms with Gasteiger partial charge in [-0.1, -0.05) is 0 Å². The number of sulfone groups is 1. The standard InChI is InChI=1S/C15H22N2O5S/c1-23(19,20)11-15(18)17-8-13-7-16(3-5-22-14(13)9-17)6-12-2-4-21-10-12/h2,4,10,13-14H,3,5-9,11H2,1H3/t13-,14+/m0/s1. The first-order chi connectivity index (χ1) is 10.9. The zero-order chi connectivity index (χ0) is 16.4. The van der Waals surface area contributed by atoms with E-state index in [2.05, 4.69) is 4.90 Å². The van der Waals surface area contributed by atoms with E-state index in [1.807, 2.05) is 6.07 Å². The molecule has 2 atom stereocenters. The van der Waals surface area contributed by atoms with Crippen molar-refractivity contribution in [3.63, 3.8) is 0 Å². The summed E-state index contributed by atoms with van der Waals surface area (Å²) in [5, 5.41) is 0. The molecule has 1 aromatic rings. The van der Waals surface area contributed by atoms with Crippen LogP contribution in [0.1, 0.15) is 5.56 Å². The quantitative estimate of drug-likeness (QED) is 0.765. The number of hydrogen-bond acceptors (Lipinski definition) is 6. The van der Waals surface area contributed by atoms with E-state index in [-0.39, 0.29) is 17.9 Å². The highest BCUT2D eigenvalue weighted by atomic mass is 32.2. The van der Waals surface area contributed by atoms with Gasteiger partial charge in [0.25, 0.3) is 0 Å². The lowest BCUT2D eigenvalue weighted by Crippen LogP contribution is -2.36. The molecule has 3 rings (SSSR count). The third-order valence-corrected chi connectivity index (χ3v) is 5.11. The fraction of sp³-hybridized carbons (Fsp3) is 0.667. The molecule has 2 saturated heterocycles. The summed E-state index contributed by atoms with van der Waals surface area (Å²) in [6, 6.07) is 1.94. The first-order valence-electron chi connectivity index (χ1n) is 7.71. The van der Waals surface area contributed by atoms with Crippen molar-refractivity contribution in [2.24, 2.45) is 5.92 Å². The second kappa shape index (κ2) is 6.62. The van der Waals surface area contributed by atoms with Crippen molar-refractivity contribution in [3.8, 4) is 0 Å². The van der Waals surface area contributed by atoms with Crippen LogP contribution in [0.2, 0.25) is 0 Å². The van der Waals surface area contributed by atoms with Gasteiger partial charge in [-0.05, 0) is 6.07 Å². The van der Waals surface area contributed by atoms with E-state index in [0.717, 1.165) is 31.5 Å². The molecule has 0 saturated carbocycles. The Morgan fingerprint density at radius 2 is 2.17 bits per heavy atom. The minimum absolute atomic E-state index is 0.00661. The average molecular weight is 342 g/mol. The lowest BCUT2D eigenvalue weighted by molar-refractivity contribution is -0.128. The molecule has 0 spiro atoms. The highest BCUT2D eigenvalue weighted by Crippen LogP contribution is 2.24. The molecule has 128 valence electrons. The second-order valence-corrected chi connectivity index (χ2v) is 8.55. The van der Waals surface area contributed by atoms with Crippen LogP contribution in [0, 0.1) is 5.92 Å². The molecule has 0 aromatic carbocycles. The number of likely N-dealkylation sites (tertiary alicyclic amines) is 1. The molecular weight excluding hydrogens is 320 g/mol. The number of ether oxygens (including phenoxy) is 1. The Hall–Kier alpha value is -1.38. The van der Waals surface area contributed by atoms with Gasteiger partial charge in [0, 0.05) is 50.5 Å². The van der Waals surface area contributed by atoms with Gasteiger partial charge in [-0.15, -0.1) is 0 Å². The molecule has 2 aliphatic rings. The SMILES string of the molecule is CS(=O)(=O)CC(=O)N1C[C@@H]2CN(Cc3ccoc3)CCO[C@@H]2C1. The first-order valence-corrected chi connectivity index (χ1v) is 9.77. The monoisotopic (exact) mass is 342 g/mol. The summed E-state index contributed by atoms with van der Waals surface area (Å²) in [5.74, 6) is -0.538. The second-order valence-electron chi connectivity index (χ2n) is 6.40. The van der Waals surface area contributed by atoms with Crippen LogP contribution in [0.15, 0.2) is 23.0 Å². The van der Waals surface area contributed by atoms with Gasteiger partial charge in [0.2, 0.25) is 5.91 Å². The van der Waals surface area contributed by atoms with Crippen molar-refractivity contribution in [1.82, 2.24) is 9.80 Å². The van der Waals surface area contributed by atoms with E-state index in [1.165, 1.54) is 0 Å². The number of rotatable bonds is 4. The summed E-state index contributed by atoms with van der Waals surface area (Å²) in [6.45, 7) is 4.13. The predicted octanol–water partition coefficient (Wildman–Crippen LogP) is -0.0166. The Labute approximate surface area is 136 Å². The molecule has 2 fully saturated rings. The van der Waals surface area contributed by atoms with E-state index in [1.54, 1.807) is 17.4 Å². The first kappa shape index (κ1) is 16.5. The molecule has 1 amide bonds. The maximum atomic E-state index is 12.1. The Balaban J connectivity index is 1.60. The molecule has 1 aromatic heterocycles. The summed E-state index contributed by atoms with van der Waals surface area (Å²) in [7, 11) is -3.30. The Bertz CT molecular complexity index is 643. The van der Waals surface area contributed by atoms with E-state index in [4.69, 9.17) is 9.15 Å². The number of nitrogens with zero attached hydrogens (tertiary/aromatic N) is 2. The van der Waals surface area contributed by atoms with E-state index >= 15 is 0 Å². The number of carbonyl (C=O) groups is 1. The summed E-state index contributed by atoms with van der Waals surface area (Å²) in [5.41, 5.74) is 1.12. The van der Waals surface area contributed by atoms with Crippen LogP contribution >= 0.6 is 0 Å². The zero-order valence-corrected chi connectivity index (χ0v) is 14.0. The third kappa shape index (κ3) is 4.33. The molecule has 0 aliphatic carbocycles. The topological polar surface area (TPSA) is 80.1 Å². The lowest BCUT2D eigenvalue weighted by Gasteiger charge is -2.22. The Morgan fingerprint density at radius 1 is 1.35 bits per heavy atom. The van der Waals surface area contributed by atoms with E-state index in [9.17, 15) is 13.2 Å². The van der Waals surface area contributed by atoms with Crippen LogP contribution < -0.4 is 0 Å². The minimum atomic E-state index is -3.30. The molecule has 8 heteroatoms.